The molecule has 0 unspecified atom stereocenters. The molecule has 1 fully saturated rings. The number of sulfone groups is 1. The summed E-state index contributed by atoms with van der Waals surface area (Å²) in [4.78, 5) is 13.0. The summed E-state index contributed by atoms with van der Waals surface area (Å²) in [6, 6.07) is 19.7. The van der Waals surface area contributed by atoms with Gasteiger partial charge in [-0.1, -0.05) is 24.3 Å². The Balaban J connectivity index is 1.50. The van der Waals surface area contributed by atoms with E-state index in [1.807, 2.05) is 0 Å². The van der Waals surface area contributed by atoms with E-state index in [0.29, 0.717) is 18.9 Å². The molecule has 1 heterocycles. The van der Waals surface area contributed by atoms with Crippen molar-refractivity contribution in [1.29, 1.82) is 0 Å². The smallest absolute Gasteiger partial charge is 0.255 e. The summed E-state index contributed by atoms with van der Waals surface area (Å²) in [5, 5.41) is 2.67. The van der Waals surface area contributed by atoms with Crippen molar-refractivity contribution in [2.24, 2.45) is 0 Å². The molecule has 3 aromatic carbocycles. The summed E-state index contributed by atoms with van der Waals surface area (Å²) in [5.41, 5.74) is 0.554. The fourth-order valence-corrected chi connectivity index (χ4v) is 6.13. The molecule has 0 aliphatic carbocycles. The van der Waals surface area contributed by atoms with Crippen LogP contribution in [0.2, 0.25) is 0 Å². The monoisotopic (exact) mass is 486 g/mol. The maximum absolute atomic E-state index is 12.9. The summed E-state index contributed by atoms with van der Waals surface area (Å²) in [6.45, 7) is 1.18. The minimum Gasteiger partial charge on any atom is -0.379 e. The second-order valence-electron chi connectivity index (χ2n) is 7.34. The zero-order valence-electron chi connectivity index (χ0n) is 17.5. The van der Waals surface area contributed by atoms with Gasteiger partial charge in [-0.15, -0.1) is 0 Å². The number of ether oxygens (including phenoxy) is 1. The van der Waals surface area contributed by atoms with E-state index in [0.717, 1.165) is 0 Å². The van der Waals surface area contributed by atoms with Crippen molar-refractivity contribution in [1.82, 2.24) is 4.31 Å². The van der Waals surface area contributed by atoms with Crippen LogP contribution in [0.3, 0.4) is 0 Å². The quantitative estimate of drug-likeness (QED) is 0.574. The van der Waals surface area contributed by atoms with Crippen molar-refractivity contribution in [3.05, 3.63) is 84.4 Å². The highest BCUT2D eigenvalue weighted by Crippen LogP contribution is 2.23. The molecular formula is C23H22N2O6S2. The minimum absolute atomic E-state index is 0.0290. The number of nitrogens with one attached hydrogen (secondary N) is 1. The van der Waals surface area contributed by atoms with Crippen LogP contribution in [-0.2, 0) is 24.6 Å². The molecule has 8 nitrogen and oxygen atoms in total. The number of carbonyl (C=O) groups is 1. The Bertz CT molecular complexity index is 1350. The highest BCUT2D eigenvalue weighted by atomic mass is 32.2. The SMILES string of the molecule is O=C(Nc1ccc(S(=O)(=O)c2ccccc2)cc1)c1cccc(S(=O)(=O)N2CCOCC2)c1. The van der Waals surface area contributed by atoms with E-state index < -0.39 is 25.8 Å². The number of carbonyl (C=O) groups excluding carboxylic acids is 1. The Kier molecular flexibility index (Phi) is 6.61. The molecule has 0 radical (unpaired) electrons. The fraction of sp³-hybridized carbons (Fsp3) is 0.174. The fourth-order valence-electron chi connectivity index (χ4n) is 3.39. The van der Waals surface area contributed by atoms with Gasteiger partial charge in [-0.25, -0.2) is 16.8 Å². The second-order valence-corrected chi connectivity index (χ2v) is 11.2. The van der Waals surface area contributed by atoms with Crippen LogP contribution < -0.4 is 5.32 Å². The second kappa shape index (κ2) is 9.44. The first-order chi connectivity index (χ1) is 15.8. The first kappa shape index (κ1) is 23.1. The first-order valence-corrected chi connectivity index (χ1v) is 13.1. The highest BCUT2D eigenvalue weighted by molar-refractivity contribution is 7.91. The number of anilines is 1. The lowest BCUT2D eigenvalue weighted by atomic mass is 10.2. The van der Waals surface area contributed by atoms with Crippen molar-refractivity contribution in [2.45, 2.75) is 14.7 Å². The van der Waals surface area contributed by atoms with Gasteiger partial charge in [-0.05, 0) is 54.6 Å². The third-order valence-corrected chi connectivity index (χ3v) is 8.86. The van der Waals surface area contributed by atoms with Crippen LogP contribution in [0.4, 0.5) is 5.69 Å². The maximum Gasteiger partial charge on any atom is 0.255 e. The maximum atomic E-state index is 12.9. The van der Waals surface area contributed by atoms with E-state index >= 15 is 0 Å². The van der Waals surface area contributed by atoms with Gasteiger partial charge >= 0.3 is 0 Å². The van der Waals surface area contributed by atoms with Gasteiger partial charge in [0.25, 0.3) is 5.91 Å². The summed E-state index contributed by atoms with van der Waals surface area (Å²) < 4.78 is 57.6. The Hall–Kier alpha value is -3.05. The number of amides is 1. The molecule has 1 N–H and O–H groups in total. The molecule has 0 saturated carbocycles. The summed E-state index contributed by atoms with van der Waals surface area (Å²) >= 11 is 0. The predicted molar refractivity (Wildman–Crippen MR) is 122 cm³/mol. The number of morpholine rings is 1. The number of rotatable bonds is 6. The molecule has 172 valence electrons. The third-order valence-electron chi connectivity index (χ3n) is 5.18. The molecule has 1 amide bonds. The summed E-state index contributed by atoms with van der Waals surface area (Å²) in [7, 11) is -7.39. The summed E-state index contributed by atoms with van der Waals surface area (Å²) in [6.07, 6.45) is 0. The molecule has 1 aliphatic heterocycles. The largest absolute Gasteiger partial charge is 0.379 e. The minimum atomic E-state index is -3.73. The number of hydrogen-bond donors (Lipinski definition) is 1. The lowest BCUT2D eigenvalue weighted by Gasteiger charge is -2.26. The Labute approximate surface area is 192 Å². The lowest BCUT2D eigenvalue weighted by molar-refractivity contribution is 0.0730. The van der Waals surface area contributed by atoms with E-state index in [9.17, 15) is 21.6 Å². The normalized spacial score (nSPS) is 15.2. The molecule has 0 aromatic heterocycles. The molecule has 3 aromatic rings. The molecule has 0 atom stereocenters. The average Bonchev–Trinajstić information content (AvgIpc) is 2.85. The number of hydrogen-bond acceptors (Lipinski definition) is 6. The van der Waals surface area contributed by atoms with E-state index in [2.05, 4.69) is 5.32 Å². The topological polar surface area (TPSA) is 110 Å². The van der Waals surface area contributed by atoms with Gasteiger partial charge in [0.2, 0.25) is 19.9 Å². The van der Waals surface area contributed by atoms with Crippen molar-refractivity contribution in [3.63, 3.8) is 0 Å². The number of sulfonamides is 1. The van der Waals surface area contributed by atoms with Crippen molar-refractivity contribution < 1.29 is 26.4 Å². The van der Waals surface area contributed by atoms with Crippen LogP contribution >= 0.6 is 0 Å². The Morgan fingerprint density at radius 1 is 0.758 bits per heavy atom. The molecule has 0 bridgehead atoms. The van der Waals surface area contributed by atoms with E-state index in [1.54, 1.807) is 18.2 Å². The number of nitrogens with zero attached hydrogens (tertiary/aromatic N) is 1. The van der Waals surface area contributed by atoms with Crippen LogP contribution in [0.1, 0.15) is 10.4 Å². The Morgan fingerprint density at radius 3 is 2.03 bits per heavy atom. The van der Waals surface area contributed by atoms with E-state index in [-0.39, 0.29) is 33.3 Å². The van der Waals surface area contributed by atoms with Crippen LogP contribution in [0.15, 0.2) is 93.5 Å². The molecular weight excluding hydrogens is 464 g/mol. The molecule has 33 heavy (non-hydrogen) atoms. The predicted octanol–water partition coefficient (Wildman–Crippen LogP) is 2.79. The van der Waals surface area contributed by atoms with Crippen LogP contribution in [-0.4, -0.2) is 53.4 Å². The van der Waals surface area contributed by atoms with Gasteiger partial charge in [0.15, 0.2) is 0 Å². The molecule has 4 rings (SSSR count). The van der Waals surface area contributed by atoms with Gasteiger partial charge < -0.3 is 10.1 Å². The van der Waals surface area contributed by atoms with Crippen LogP contribution in [0, 0.1) is 0 Å². The molecule has 1 saturated heterocycles. The van der Waals surface area contributed by atoms with E-state index in [4.69, 9.17) is 4.74 Å². The Morgan fingerprint density at radius 2 is 1.36 bits per heavy atom. The van der Waals surface area contributed by atoms with Crippen LogP contribution in [0.25, 0.3) is 0 Å². The van der Waals surface area contributed by atoms with E-state index in [1.165, 1.54) is 65.0 Å². The van der Waals surface area contributed by atoms with Crippen LogP contribution in [0.5, 0.6) is 0 Å². The van der Waals surface area contributed by atoms with Gasteiger partial charge in [-0.2, -0.15) is 4.31 Å². The zero-order chi connectivity index (χ0) is 23.5. The lowest BCUT2D eigenvalue weighted by Crippen LogP contribution is -2.40. The standard InChI is InChI=1S/C23H22N2O6S2/c26-23(18-5-4-8-22(17-18)33(29,30)25-13-15-31-16-14-25)24-19-9-11-21(12-10-19)32(27,28)20-6-2-1-3-7-20/h1-12,17H,13-16H2,(H,24,26). The molecule has 1 aliphatic rings. The third kappa shape index (κ3) is 4.98. The number of benzene rings is 3. The van der Waals surface area contributed by atoms with Gasteiger partial charge in [-0.3, -0.25) is 4.79 Å². The van der Waals surface area contributed by atoms with Crippen molar-refractivity contribution in [3.8, 4) is 0 Å². The summed E-state index contributed by atoms with van der Waals surface area (Å²) in [5.74, 6) is -0.507. The van der Waals surface area contributed by atoms with Crippen molar-refractivity contribution in [2.75, 3.05) is 31.6 Å². The first-order valence-electron chi connectivity index (χ1n) is 10.2. The highest BCUT2D eigenvalue weighted by Gasteiger charge is 2.27. The van der Waals surface area contributed by atoms with Gasteiger partial charge in [0, 0.05) is 24.3 Å². The van der Waals surface area contributed by atoms with Gasteiger partial charge in [0.1, 0.15) is 0 Å². The van der Waals surface area contributed by atoms with Crippen molar-refractivity contribution >= 4 is 31.5 Å². The zero-order valence-corrected chi connectivity index (χ0v) is 19.2. The average molecular weight is 487 g/mol. The van der Waals surface area contributed by atoms with Gasteiger partial charge in [0.05, 0.1) is 27.9 Å². The molecule has 10 heteroatoms. The molecule has 0 spiro atoms.